The Hall–Kier alpha value is -1.59. The van der Waals surface area contributed by atoms with E-state index in [0.717, 1.165) is 44.7 Å². The average molecular weight is 359 g/mol. The van der Waals surface area contributed by atoms with Crippen molar-refractivity contribution in [2.24, 2.45) is 5.92 Å². The molecule has 0 spiro atoms. The number of carbonyl (C=O) groups is 1. The third-order valence-electron chi connectivity index (χ3n) is 5.79. The van der Waals surface area contributed by atoms with Crippen LogP contribution in [0.2, 0.25) is 0 Å². The van der Waals surface area contributed by atoms with Crippen LogP contribution in [0, 0.1) is 5.92 Å². The molecule has 1 atom stereocenters. The highest BCUT2D eigenvalue weighted by atomic mass is 16.2. The summed E-state index contributed by atoms with van der Waals surface area (Å²) in [4.78, 5) is 21.9. The first-order valence-corrected chi connectivity index (χ1v) is 9.96. The summed E-state index contributed by atoms with van der Waals surface area (Å²) in [5, 5.41) is 0. The van der Waals surface area contributed by atoms with Crippen molar-refractivity contribution in [3.63, 3.8) is 0 Å². The number of benzene rings is 1. The van der Waals surface area contributed by atoms with E-state index in [1.807, 2.05) is 14.1 Å². The van der Waals surface area contributed by atoms with Crippen molar-refractivity contribution >= 4 is 11.6 Å². The third kappa shape index (κ3) is 5.21. The molecule has 5 heteroatoms. The number of anilines is 1. The van der Waals surface area contributed by atoms with Crippen molar-refractivity contribution in [1.29, 1.82) is 0 Å². The van der Waals surface area contributed by atoms with Gasteiger partial charge in [-0.25, -0.2) is 0 Å². The Kier molecular flexibility index (Phi) is 6.54. The van der Waals surface area contributed by atoms with Gasteiger partial charge in [0.2, 0.25) is 5.91 Å². The van der Waals surface area contributed by atoms with Crippen LogP contribution in [0.15, 0.2) is 24.3 Å². The highest BCUT2D eigenvalue weighted by Crippen LogP contribution is 2.20. The van der Waals surface area contributed by atoms with E-state index in [0.29, 0.717) is 12.3 Å². The summed E-state index contributed by atoms with van der Waals surface area (Å²) in [7, 11) is 6.27. The van der Waals surface area contributed by atoms with Crippen LogP contribution in [-0.4, -0.2) is 87.6 Å². The molecule has 0 saturated carbocycles. The molecule has 2 aliphatic rings. The van der Waals surface area contributed by atoms with Gasteiger partial charge in [0, 0.05) is 65.6 Å². The lowest BCUT2D eigenvalue weighted by Crippen LogP contribution is -2.49. The lowest BCUT2D eigenvalue weighted by molar-refractivity contribution is -0.132. The van der Waals surface area contributed by atoms with Crippen molar-refractivity contribution in [1.82, 2.24) is 14.7 Å². The minimum absolute atomic E-state index is 0.283. The van der Waals surface area contributed by atoms with E-state index < -0.39 is 0 Å². The molecular weight excluding hydrogens is 324 g/mol. The number of piperidine rings is 1. The molecule has 0 aliphatic carbocycles. The number of amides is 1. The number of carbonyl (C=O) groups excluding carboxylic acids is 1. The van der Waals surface area contributed by atoms with Gasteiger partial charge in [0.1, 0.15) is 0 Å². The first kappa shape index (κ1) is 19.2. The second-order valence-corrected chi connectivity index (χ2v) is 8.19. The molecule has 2 heterocycles. The molecule has 0 unspecified atom stereocenters. The van der Waals surface area contributed by atoms with E-state index in [1.165, 1.54) is 25.2 Å². The van der Waals surface area contributed by atoms with E-state index in [4.69, 9.17) is 0 Å². The fraction of sp³-hybridized carbons (Fsp3) is 0.667. The van der Waals surface area contributed by atoms with E-state index >= 15 is 0 Å². The third-order valence-corrected chi connectivity index (χ3v) is 5.79. The van der Waals surface area contributed by atoms with Crippen LogP contribution in [0.25, 0.3) is 0 Å². The Bertz CT molecular complexity index is 578. The lowest BCUT2D eigenvalue weighted by Gasteiger charge is -2.38. The highest BCUT2D eigenvalue weighted by molar-refractivity contribution is 5.79. The van der Waals surface area contributed by atoms with Gasteiger partial charge in [0.05, 0.1) is 6.42 Å². The molecule has 0 bridgehead atoms. The molecule has 0 radical (unpaired) electrons. The van der Waals surface area contributed by atoms with Crippen molar-refractivity contribution in [2.75, 3.05) is 71.9 Å². The Balaban J connectivity index is 1.49. The highest BCUT2D eigenvalue weighted by Gasteiger charge is 2.26. The second-order valence-electron chi connectivity index (χ2n) is 8.19. The van der Waals surface area contributed by atoms with Crippen molar-refractivity contribution < 1.29 is 4.79 Å². The zero-order chi connectivity index (χ0) is 18.5. The van der Waals surface area contributed by atoms with Crippen molar-refractivity contribution in [2.45, 2.75) is 19.3 Å². The number of nitrogens with zero attached hydrogens (tertiary/aromatic N) is 4. The largest absolute Gasteiger partial charge is 0.378 e. The molecule has 5 nitrogen and oxygen atoms in total. The summed E-state index contributed by atoms with van der Waals surface area (Å²) >= 11 is 0. The maximum Gasteiger partial charge on any atom is 0.226 e. The van der Waals surface area contributed by atoms with Gasteiger partial charge in [-0.3, -0.25) is 4.79 Å². The first-order valence-electron chi connectivity index (χ1n) is 9.96. The van der Waals surface area contributed by atoms with E-state index in [-0.39, 0.29) is 5.91 Å². The van der Waals surface area contributed by atoms with Gasteiger partial charge in [-0.2, -0.15) is 0 Å². The Morgan fingerprint density at radius 3 is 2.42 bits per heavy atom. The van der Waals surface area contributed by atoms with Crippen LogP contribution in [0.1, 0.15) is 18.4 Å². The molecule has 2 fully saturated rings. The zero-order valence-electron chi connectivity index (χ0n) is 16.7. The monoisotopic (exact) mass is 358 g/mol. The topological polar surface area (TPSA) is 30.0 Å². The molecule has 1 aromatic rings. The molecular formula is C21H34N4O. The summed E-state index contributed by atoms with van der Waals surface area (Å²) in [6.45, 7) is 7.67. The summed E-state index contributed by atoms with van der Waals surface area (Å²) in [6.07, 6.45) is 2.92. The van der Waals surface area contributed by atoms with Crippen molar-refractivity contribution in [3.8, 4) is 0 Å². The predicted octanol–water partition coefficient (Wildman–Crippen LogP) is 1.78. The Morgan fingerprint density at radius 2 is 1.77 bits per heavy atom. The molecule has 144 valence electrons. The van der Waals surface area contributed by atoms with Gasteiger partial charge in [-0.05, 0) is 43.5 Å². The van der Waals surface area contributed by atoms with Gasteiger partial charge in [-0.15, -0.1) is 0 Å². The number of rotatable bonds is 5. The lowest BCUT2D eigenvalue weighted by atomic mass is 9.96. The average Bonchev–Trinajstić information content (AvgIpc) is 2.64. The van der Waals surface area contributed by atoms with Crippen LogP contribution < -0.4 is 4.90 Å². The predicted molar refractivity (Wildman–Crippen MR) is 108 cm³/mol. The molecule has 0 aromatic heterocycles. The summed E-state index contributed by atoms with van der Waals surface area (Å²) < 4.78 is 0. The van der Waals surface area contributed by atoms with E-state index in [1.54, 1.807) is 0 Å². The minimum Gasteiger partial charge on any atom is -0.378 e. The maximum atomic E-state index is 12.8. The molecule has 1 amide bonds. The molecule has 2 saturated heterocycles. The van der Waals surface area contributed by atoms with E-state index in [2.05, 4.69) is 50.9 Å². The van der Waals surface area contributed by atoms with Gasteiger partial charge >= 0.3 is 0 Å². The molecule has 3 rings (SSSR count). The van der Waals surface area contributed by atoms with Crippen LogP contribution in [-0.2, 0) is 11.2 Å². The molecule has 26 heavy (non-hydrogen) atoms. The van der Waals surface area contributed by atoms with Crippen LogP contribution in [0.3, 0.4) is 0 Å². The van der Waals surface area contributed by atoms with Crippen LogP contribution >= 0.6 is 0 Å². The summed E-state index contributed by atoms with van der Waals surface area (Å²) in [5.74, 6) is 0.915. The number of likely N-dealkylation sites (N-methyl/N-ethyl adjacent to an activating group) is 1. The van der Waals surface area contributed by atoms with Crippen LogP contribution in [0.5, 0.6) is 0 Å². The first-order chi connectivity index (χ1) is 12.5. The second kappa shape index (κ2) is 8.87. The number of piperazine rings is 1. The number of likely N-dealkylation sites (tertiary alicyclic amines) is 1. The fourth-order valence-corrected chi connectivity index (χ4v) is 4.03. The van der Waals surface area contributed by atoms with Gasteiger partial charge in [-0.1, -0.05) is 12.1 Å². The quantitative estimate of drug-likeness (QED) is 0.803. The number of hydrogen-bond donors (Lipinski definition) is 0. The summed E-state index contributed by atoms with van der Waals surface area (Å²) in [5.41, 5.74) is 2.29. The van der Waals surface area contributed by atoms with Gasteiger partial charge in [0.15, 0.2) is 0 Å². The maximum absolute atomic E-state index is 12.8. The minimum atomic E-state index is 0.283. The number of hydrogen-bond acceptors (Lipinski definition) is 4. The van der Waals surface area contributed by atoms with Gasteiger partial charge in [0.25, 0.3) is 0 Å². The Morgan fingerprint density at radius 1 is 1.08 bits per heavy atom. The fourth-order valence-electron chi connectivity index (χ4n) is 4.03. The van der Waals surface area contributed by atoms with Crippen LogP contribution in [0.4, 0.5) is 5.69 Å². The van der Waals surface area contributed by atoms with Gasteiger partial charge < -0.3 is 19.6 Å². The molecule has 2 aliphatic heterocycles. The van der Waals surface area contributed by atoms with Crippen molar-refractivity contribution in [3.05, 3.63) is 29.8 Å². The summed E-state index contributed by atoms with van der Waals surface area (Å²) in [6, 6.07) is 8.35. The standard InChI is InChI=1S/C21H34N4O/c1-22(2)20-8-6-18(7-9-20)15-21(26)25-10-4-5-19(17-25)16-24-13-11-23(3)12-14-24/h6-9,19H,4-5,10-17H2,1-3H3/t19-/m1/s1. The Labute approximate surface area is 158 Å². The smallest absolute Gasteiger partial charge is 0.226 e. The molecule has 1 aromatic carbocycles. The van der Waals surface area contributed by atoms with E-state index in [9.17, 15) is 4.79 Å². The molecule has 0 N–H and O–H groups in total. The zero-order valence-corrected chi connectivity index (χ0v) is 16.7. The normalized spacial score (nSPS) is 22.4. The SMILES string of the molecule is CN1CCN(C[C@H]2CCCN(C(=O)Cc3ccc(N(C)C)cc3)C2)CC1.